The molecule has 5 rings (SSSR count). The molecule has 0 radical (unpaired) electrons. The molecule has 1 N–H and O–H groups in total. The zero-order valence-corrected chi connectivity index (χ0v) is 22.4. The molecule has 1 fully saturated rings. The van der Waals surface area contributed by atoms with E-state index in [1.165, 1.54) is 6.08 Å². The Labute approximate surface area is 236 Å². The number of anilines is 1. The summed E-state index contributed by atoms with van der Waals surface area (Å²) in [7, 11) is 0. The predicted octanol–water partition coefficient (Wildman–Crippen LogP) is 6.63. The summed E-state index contributed by atoms with van der Waals surface area (Å²) in [5, 5.41) is 3.53. The molecule has 0 bridgehead atoms. The molecule has 2 heterocycles. The maximum atomic E-state index is 13.1. The van der Waals surface area contributed by atoms with E-state index in [1.807, 2.05) is 0 Å². The Morgan fingerprint density at radius 1 is 1.00 bits per heavy atom. The van der Waals surface area contributed by atoms with Crippen molar-refractivity contribution in [2.75, 3.05) is 18.7 Å². The lowest BCUT2D eigenvalue weighted by molar-refractivity contribution is -0.123. The Hall–Kier alpha value is -3.37. The number of nitrogens with zero attached hydrogens (tertiary/aromatic N) is 1. The first-order valence-corrected chi connectivity index (χ1v) is 13.0. The van der Waals surface area contributed by atoms with Crippen molar-refractivity contribution in [3.63, 3.8) is 0 Å². The molecule has 1 saturated heterocycles. The SMILES string of the molecule is O=C(COc1ccc(Cl)cc1/C=C1\SC(=O)N(Cc2cc3c(cc2Cl)OCO3)C1=O)Nc1ccc(Cl)cc1. The fraction of sp³-hybridized carbons (Fsp3) is 0.115. The van der Waals surface area contributed by atoms with Gasteiger partial charge in [-0.25, -0.2) is 0 Å². The summed E-state index contributed by atoms with van der Waals surface area (Å²) < 4.78 is 16.4. The quantitative estimate of drug-likeness (QED) is 0.308. The van der Waals surface area contributed by atoms with Crippen LogP contribution in [0.5, 0.6) is 17.2 Å². The third-order valence-corrected chi connectivity index (χ3v) is 7.24. The molecule has 0 aromatic heterocycles. The molecule has 3 aromatic carbocycles. The highest BCUT2D eigenvalue weighted by molar-refractivity contribution is 8.18. The van der Waals surface area contributed by atoms with Gasteiger partial charge in [0.05, 0.1) is 11.4 Å². The molecule has 0 unspecified atom stereocenters. The van der Waals surface area contributed by atoms with Crippen molar-refractivity contribution in [1.82, 2.24) is 4.90 Å². The molecule has 0 atom stereocenters. The number of nitrogens with one attached hydrogen (secondary N) is 1. The molecule has 0 spiro atoms. The molecular formula is C26H17Cl3N2O6S. The zero-order chi connectivity index (χ0) is 26.8. The molecule has 2 aliphatic heterocycles. The minimum absolute atomic E-state index is 0.0404. The Morgan fingerprint density at radius 2 is 1.71 bits per heavy atom. The Morgan fingerprint density at radius 3 is 2.47 bits per heavy atom. The van der Waals surface area contributed by atoms with Crippen LogP contribution < -0.4 is 19.5 Å². The van der Waals surface area contributed by atoms with E-state index in [-0.39, 0.29) is 24.8 Å². The third-order valence-electron chi connectivity index (χ3n) is 5.49. The van der Waals surface area contributed by atoms with Gasteiger partial charge in [0.25, 0.3) is 17.1 Å². The molecule has 0 saturated carbocycles. The van der Waals surface area contributed by atoms with Crippen LogP contribution >= 0.6 is 46.6 Å². The van der Waals surface area contributed by atoms with Gasteiger partial charge in [0.1, 0.15) is 5.75 Å². The number of amides is 3. The first-order valence-electron chi connectivity index (χ1n) is 11.1. The van der Waals surface area contributed by atoms with Crippen LogP contribution in [0.1, 0.15) is 11.1 Å². The van der Waals surface area contributed by atoms with Crippen molar-refractivity contribution in [3.05, 3.63) is 85.7 Å². The summed E-state index contributed by atoms with van der Waals surface area (Å²) in [6, 6.07) is 14.6. The molecule has 12 heteroatoms. The number of rotatable bonds is 7. The van der Waals surface area contributed by atoms with Crippen molar-refractivity contribution < 1.29 is 28.6 Å². The summed E-state index contributed by atoms with van der Waals surface area (Å²) in [4.78, 5) is 39.4. The van der Waals surface area contributed by atoms with Crippen molar-refractivity contribution in [2.24, 2.45) is 0 Å². The van der Waals surface area contributed by atoms with Crippen LogP contribution in [0.15, 0.2) is 59.5 Å². The van der Waals surface area contributed by atoms with E-state index in [0.29, 0.717) is 49.1 Å². The van der Waals surface area contributed by atoms with E-state index in [9.17, 15) is 14.4 Å². The van der Waals surface area contributed by atoms with E-state index in [2.05, 4.69) is 5.32 Å². The Kier molecular flexibility index (Phi) is 7.71. The highest BCUT2D eigenvalue weighted by Crippen LogP contribution is 2.40. The lowest BCUT2D eigenvalue weighted by atomic mass is 10.1. The molecule has 38 heavy (non-hydrogen) atoms. The largest absolute Gasteiger partial charge is 0.483 e. The maximum absolute atomic E-state index is 13.1. The predicted molar refractivity (Wildman–Crippen MR) is 146 cm³/mol. The van der Waals surface area contributed by atoms with Gasteiger partial charge in [0.2, 0.25) is 6.79 Å². The first-order chi connectivity index (χ1) is 18.3. The van der Waals surface area contributed by atoms with Crippen LogP contribution in [0.4, 0.5) is 10.5 Å². The van der Waals surface area contributed by atoms with Gasteiger partial charge >= 0.3 is 0 Å². The summed E-state index contributed by atoms with van der Waals surface area (Å²) in [5.74, 6) is 0.413. The average molecular weight is 592 g/mol. The summed E-state index contributed by atoms with van der Waals surface area (Å²) in [5.41, 5.74) is 1.54. The average Bonchev–Trinajstić information content (AvgIpc) is 3.44. The van der Waals surface area contributed by atoms with Gasteiger partial charge < -0.3 is 19.5 Å². The zero-order valence-electron chi connectivity index (χ0n) is 19.3. The van der Waals surface area contributed by atoms with Crippen molar-refractivity contribution in [3.8, 4) is 17.2 Å². The molecule has 3 aromatic rings. The second kappa shape index (κ2) is 11.2. The molecule has 8 nitrogen and oxygen atoms in total. The van der Waals surface area contributed by atoms with Crippen LogP contribution in [0.25, 0.3) is 6.08 Å². The topological polar surface area (TPSA) is 94.2 Å². The van der Waals surface area contributed by atoms with Gasteiger partial charge in [-0.2, -0.15) is 0 Å². The van der Waals surface area contributed by atoms with Gasteiger partial charge in [0.15, 0.2) is 18.1 Å². The number of carbonyl (C=O) groups excluding carboxylic acids is 3. The maximum Gasteiger partial charge on any atom is 0.293 e. The highest BCUT2D eigenvalue weighted by atomic mass is 35.5. The van der Waals surface area contributed by atoms with Gasteiger partial charge in [-0.1, -0.05) is 34.8 Å². The van der Waals surface area contributed by atoms with Gasteiger partial charge in [-0.05, 0) is 71.9 Å². The Bertz CT molecular complexity index is 1480. The standard InChI is InChI=1S/C26H17Cl3N2O6S/c27-16-1-4-18(5-2-16)30-24(32)12-35-20-6-3-17(28)7-14(20)9-23-25(33)31(26(34)38-23)11-15-8-21-22(10-19(15)29)37-13-36-21/h1-10H,11-13H2,(H,30,32)/b23-9-. The van der Waals surface area contributed by atoms with E-state index in [1.54, 1.807) is 54.6 Å². The van der Waals surface area contributed by atoms with Gasteiger partial charge in [0, 0.05) is 32.4 Å². The second-order valence-electron chi connectivity index (χ2n) is 8.09. The van der Waals surface area contributed by atoms with Crippen LogP contribution in [0, 0.1) is 0 Å². The fourth-order valence-corrected chi connectivity index (χ4v) is 5.01. The number of fused-ring (bicyclic) bond motifs is 1. The molecule has 3 amide bonds. The monoisotopic (exact) mass is 590 g/mol. The van der Waals surface area contributed by atoms with E-state index >= 15 is 0 Å². The van der Waals surface area contributed by atoms with Gasteiger partial charge in [-0.3, -0.25) is 19.3 Å². The van der Waals surface area contributed by atoms with Crippen LogP contribution in [-0.4, -0.2) is 35.4 Å². The number of thioether (sulfide) groups is 1. The van der Waals surface area contributed by atoms with E-state index in [0.717, 1.165) is 16.7 Å². The number of imide groups is 1. The smallest absolute Gasteiger partial charge is 0.293 e. The molecular weight excluding hydrogens is 575 g/mol. The summed E-state index contributed by atoms with van der Waals surface area (Å²) in [6.07, 6.45) is 1.50. The fourth-order valence-electron chi connectivity index (χ4n) is 3.67. The number of ether oxygens (including phenoxy) is 3. The normalized spacial score (nSPS) is 15.3. The van der Waals surface area contributed by atoms with Gasteiger partial charge in [-0.15, -0.1) is 0 Å². The minimum Gasteiger partial charge on any atom is -0.483 e. The van der Waals surface area contributed by atoms with Crippen molar-refractivity contribution in [2.45, 2.75) is 6.54 Å². The lowest BCUT2D eigenvalue weighted by Crippen LogP contribution is -2.27. The second-order valence-corrected chi connectivity index (χ2v) is 10.4. The van der Waals surface area contributed by atoms with Crippen molar-refractivity contribution >= 4 is 75.4 Å². The van der Waals surface area contributed by atoms with E-state index < -0.39 is 17.1 Å². The molecule has 2 aliphatic rings. The molecule has 0 aliphatic carbocycles. The van der Waals surface area contributed by atoms with Crippen LogP contribution in [0.3, 0.4) is 0 Å². The number of benzene rings is 3. The minimum atomic E-state index is -0.500. The third kappa shape index (κ3) is 5.86. The Balaban J connectivity index is 1.30. The number of carbonyl (C=O) groups is 3. The summed E-state index contributed by atoms with van der Waals surface area (Å²) in [6.45, 7) is -0.261. The van der Waals surface area contributed by atoms with Crippen LogP contribution in [-0.2, 0) is 16.1 Å². The first kappa shape index (κ1) is 26.2. The number of hydrogen-bond acceptors (Lipinski definition) is 7. The number of hydrogen-bond donors (Lipinski definition) is 1. The van der Waals surface area contributed by atoms with E-state index in [4.69, 9.17) is 49.0 Å². The van der Waals surface area contributed by atoms with Crippen LogP contribution in [0.2, 0.25) is 15.1 Å². The highest BCUT2D eigenvalue weighted by Gasteiger charge is 2.36. The molecule has 194 valence electrons. The number of halogens is 3. The summed E-state index contributed by atoms with van der Waals surface area (Å²) >= 11 is 19.1. The van der Waals surface area contributed by atoms with Crippen molar-refractivity contribution in [1.29, 1.82) is 0 Å². The lowest BCUT2D eigenvalue weighted by Gasteiger charge is -2.14.